The van der Waals surface area contributed by atoms with Crippen molar-refractivity contribution in [1.29, 1.82) is 0 Å². The van der Waals surface area contributed by atoms with Crippen LogP contribution in [0.3, 0.4) is 0 Å². The van der Waals surface area contributed by atoms with E-state index in [1.807, 2.05) is 31.7 Å². The number of amides is 1. The highest BCUT2D eigenvalue weighted by molar-refractivity contribution is 5.92. The van der Waals surface area contributed by atoms with Gasteiger partial charge in [-0.1, -0.05) is 13.3 Å². The first kappa shape index (κ1) is 18.5. The molecule has 1 saturated carbocycles. The third-order valence-corrected chi connectivity index (χ3v) is 4.46. The molecule has 1 aliphatic carbocycles. The molecule has 1 heterocycles. The molecule has 0 bridgehead atoms. The fourth-order valence-corrected chi connectivity index (χ4v) is 3.02. The minimum atomic E-state index is -0.125. The van der Waals surface area contributed by atoms with Gasteiger partial charge in [-0.3, -0.25) is 14.3 Å². The molecule has 0 saturated heterocycles. The molecule has 1 fully saturated rings. The smallest absolute Gasteiger partial charge is 0.309 e. The SMILES string of the molecule is CCCCN(CC1CC1C(=O)OCC)C(=O)c1cc(C)nn1CC. The molecule has 1 aromatic heterocycles. The Bertz CT molecular complexity index is 582. The lowest BCUT2D eigenvalue weighted by Crippen LogP contribution is -2.35. The molecule has 1 amide bonds. The normalized spacial score (nSPS) is 19.2. The number of unbranched alkanes of at least 4 members (excludes halogenated alkanes) is 1. The van der Waals surface area contributed by atoms with Gasteiger partial charge >= 0.3 is 5.97 Å². The Labute approximate surface area is 144 Å². The molecule has 0 N–H and O–H groups in total. The molecule has 1 aromatic rings. The third-order valence-electron chi connectivity index (χ3n) is 4.46. The Kier molecular flexibility index (Phi) is 6.40. The van der Waals surface area contributed by atoms with Gasteiger partial charge in [-0.15, -0.1) is 0 Å². The molecule has 2 rings (SSSR count). The second-order valence-electron chi connectivity index (χ2n) is 6.45. The molecule has 6 heteroatoms. The van der Waals surface area contributed by atoms with Crippen LogP contribution in [-0.2, 0) is 16.1 Å². The van der Waals surface area contributed by atoms with E-state index in [9.17, 15) is 9.59 Å². The molecule has 0 aromatic carbocycles. The van der Waals surface area contributed by atoms with Crippen LogP contribution in [0.15, 0.2) is 6.07 Å². The van der Waals surface area contributed by atoms with Crippen molar-refractivity contribution in [3.63, 3.8) is 0 Å². The van der Waals surface area contributed by atoms with Crippen molar-refractivity contribution in [2.24, 2.45) is 11.8 Å². The van der Waals surface area contributed by atoms with Crippen molar-refractivity contribution >= 4 is 11.9 Å². The quantitative estimate of drug-likeness (QED) is 0.651. The van der Waals surface area contributed by atoms with Crippen LogP contribution in [0.1, 0.15) is 56.2 Å². The van der Waals surface area contributed by atoms with Crippen LogP contribution in [0.4, 0.5) is 0 Å². The number of aryl methyl sites for hydroxylation is 2. The van der Waals surface area contributed by atoms with Crippen LogP contribution in [0, 0.1) is 18.8 Å². The number of nitrogens with zero attached hydrogens (tertiary/aromatic N) is 3. The summed E-state index contributed by atoms with van der Waals surface area (Å²) in [5.41, 5.74) is 1.49. The maximum absolute atomic E-state index is 13.0. The van der Waals surface area contributed by atoms with E-state index < -0.39 is 0 Å². The maximum Gasteiger partial charge on any atom is 0.309 e. The zero-order valence-corrected chi connectivity index (χ0v) is 15.2. The van der Waals surface area contributed by atoms with Gasteiger partial charge in [-0.05, 0) is 45.6 Å². The van der Waals surface area contributed by atoms with E-state index >= 15 is 0 Å². The van der Waals surface area contributed by atoms with E-state index in [4.69, 9.17) is 4.74 Å². The monoisotopic (exact) mass is 335 g/mol. The molecule has 2 unspecified atom stereocenters. The second kappa shape index (κ2) is 8.31. The van der Waals surface area contributed by atoms with Gasteiger partial charge in [-0.25, -0.2) is 0 Å². The van der Waals surface area contributed by atoms with Gasteiger partial charge in [0.05, 0.1) is 18.2 Å². The predicted molar refractivity (Wildman–Crippen MR) is 91.7 cm³/mol. The van der Waals surface area contributed by atoms with Crippen molar-refractivity contribution in [2.45, 2.75) is 53.5 Å². The summed E-state index contributed by atoms with van der Waals surface area (Å²) in [5.74, 6) is 0.0730. The topological polar surface area (TPSA) is 64.4 Å². The molecule has 1 aliphatic rings. The van der Waals surface area contributed by atoms with E-state index in [2.05, 4.69) is 12.0 Å². The molecule has 0 aliphatic heterocycles. The van der Waals surface area contributed by atoms with Crippen LogP contribution in [0.2, 0.25) is 0 Å². The van der Waals surface area contributed by atoms with Gasteiger partial charge in [0, 0.05) is 19.6 Å². The number of hydrogen-bond acceptors (Lipinski definition) is 4. The Morgan fingerprint density at radius 3 is 2.75 bits per heavy atom. The second-order valence-corrected chi connectivity index (χ2v) is 6.45. The summed E-state index contributed by atoms with van der Waals surface area (Å²) in [4.78, 5) is 26.7. The molecule has 0 spiro atoms. The first-order valence-electron chi connectivity index (χ1n) is 9.02. The van der Waals surface area contributed by atoms with E-state index in [1.165, 1.54) is 0 Å². The third kappa shape index (κ3) is 4.36. The lowest BCUT2D eigenvalue weighted by molar-refractivity contribution is -0.145. The zero-order valence-electron chi connectivity index (χ0n) is 15.2. The summed E-state index contributed by atoms with van der Waals surface area (Å²) < 4.78 is 6.84. The maximum atomic E-state index is 13.0. The number of carbonyl (C=O) groups is 2. The van der Waals surface area contributed by atoms with Crippen LogP contribution < -0.4 is 0 Å². The fourth-order valence-electron chi connectivity index (χ4n) is 3.02. The minimum Gasteiger partial charge on any atom is -0.466 e. The number of aromatic nitrogens is 2. The molecule has 24 heavy (non-hydrogen) atoms. The Morgan fingerprint density at radius 1 is 1.38 bits per heavy atom. The highest BCUT2D eigenvalue weighted by Gasteiger charge is 2.45. The number of ether oxygens (including phenoxy) is 1. The van der Waals surface area contributed by atoms with Gasteiger partial charge in [0.2, 0.25) is 0 Å². The molecular formula is C18H29N3O3. The van der Waals surface area contributed by atoms with E-state index in [1.54, 1.807) is 4.68 Å². The number of carbonyl (C=O) groups excluding carboxylic acids is 2. The highest BCUT2D eigenvalue weighted by Crippen LogP contribution is 2.40. The summed E-state index contributed by atoms with van der Waals surface area (Å²) in [6.45, 7) is 10.2. The first-order chi connectivity index (χ1) is 11.5. The lowest BCUT2D eigenvalue weighted by atomic mass is 10.2. The van der Waals surface area contributed by atoms with Crippen LogP contribution >= 0.6 is 0 Å². The first-order valence-corrected chi connectivity index (χ1v) is 9.02. The van der Waals surface area contributed by atoms with Crippen molar-refractivity contribution in [1.82, 2.24) is 14.7 Å². The Hall–Kier alpha value is -1.85. The molecule has 2 atom stereocenters. The predicted octanol–water partition coefficient (Wildman–Crippen LogP) is 2.65. The standard InChI is InChI=1S/C18H29N3O3/c1-5-8-9-20(12-14-11-15(14)18(23)24-7-3)17(22)16-10-13(4)19-21(16)6-2/h10,14-15H,5-9,11-12H2,1-4H3. The molecule has 6 nitrogen and oxygen atoms in total. The minimum absolute atomic E-state index is 0.0143. The van der Waals surface area contributed by atoms with Crippen molar-refractivity contribution in [2.75, 3.05) is 19.7 Å². The average Bonchev–Trinajstić information content (AvgIpc) is 3.23. The van der Waals surface area contributed by atoms with Crippen molar-refractivity contribution in [3.8, 4) is 0 Å². The molecule has 134 valence electrons. The van der Waals surface area contributed by atoms with Crippen LogP contribution in [0.25, 0.3) is 0 Å². The number of hydrogen-bond donors (Lipinski definition) is 0. The Morgan fingerprint density at radius 2 is 2.12 bits per heavy atom. The van der Waals surface area contributed by atoms with E-state index in [-0.39, 0.29) is 23.7 Å². The number of esters is 1. The number of rotatable bonds is 9. The molecular weight excluding hydrogens is 306 g/mol. The van der Waals surface area contributed by atoms with Crippen LogP contribution in [0.5, 0.6) is 0 Å². The fraction of sp³-hybridized carbons (Fsp3) is 0.722. The van der Waals surface area contributed by atoms with Gasteiger partial charge in [0.25, 0.3) is 5.91 Å². The van der Waals surface area contributed by atoms with E-state index in [0.717, 1.165) is 31.5 Å². The van der Waals surface area contributed by atoms with Gasteiger partial charge in [0.15, 0.2) is 0 Å². The lowest BCUT2D eigenvalue weighted by Gasteiger charge is -2.23. The van der Waals surface area contributed by atoms with Crippen molar-refractivity contribution in [3.05, 3.63) is 17.5 Å². The van der Waals surface area contributed by atoms with Gasteiger partial charge in [0.1, 0.15) is 5.69 Å². The zero-order chi connectivity index (χ0) is 17.7. The van der Waals surface area contributed by atoms with Crippen molar-refractivity contribution < 1.29 is 14.3 Å². The summed E-state index contributed by atoms with van der Waals surface area (Å²) >= 11 is 0. The van der Waals surface area contributed by atoms with Gasteiger partial charge in [-0.2, -0.15) is 5.10 Å². The summed E-state index contributed by atoms with van der Waals surface area (Å²) in [6.07, 6.45) is 2.81. The highest BCUT2D eigenvalue weighted by atomic mass is 16.5. The van der Waals surface area contributed by atoms with Crippen LogP contribution in [-0.4, -0.2) is 46.3 Å². The van der Waals surface area contributed by atoms with E-state index in [0.29, 0.717) is 25.4 Å². The average molecular weight is 335 g/mol. The molecule has 0 radical (unpaired) electrons. The summed E-state index contributed by atoms with van der Waals surface area (Å²) in [7, 11) is 0. The summed E-state index contributed by atoms with van der Waals surface area (Å²) in [5, 5.41) is 4.37. The van der Waals surface area contributed by atoms with Gasteiger partial charge < -0.3 is 9.64 Å². The largest absolute Gasteiger partial charge is 0.466 e. The summed E-state index contributed by atoms with van der Waals surface area (Å²) in [6, 6.07) is 1.85. The Balaban J connectivity index is 2.05.